The van der Waals surface area contributed by atoms with Crippen LogP contribution in [0.2, 0.25) is 5.02 Å². The number of hydrogen-bond acceptors (Lipinski definition) is 6. The first-order chi connectivity index (χ1) is 13.5. The van der Waals surface area contributed by atoms with Crippen LogP contribution in [0.5, 0.6) is 0 Å². The molecule has 2 aliphatic rings. The molecule has 10 heteroatoms. The van der Waals surface area contributed by atoms with Crippen molar-refractivity contribution in [3.63, 3.8) is 0 Å². The number of aromatic nitrogens is 1. The average molecular weight is 441 g/mol. The van der Waals surface area contributed by atoms with Gasteiger partial charge in [0.1, 0.15) is 4.90 Å². The summed E-state index contributed by atoms with van der Waals surface area (Å²) in [7, 11) is -3.68. The number of sulfonamides is 1. The Labute approximate surface area is 173 Å². The monoisotopic (exact) mass is 440 g/mol. The summed E-state index contributed by atoms with van der Waals surface area (Å²) < 4.78 is 27.2. The lowest BCUT2D eigenvalue weighted by Crippen LogP contribution is -2.48. The predicted octanol–water partition coefficient (Wildman–Crippen LogP) is 2.54. The molecule has 0 atom stereocenters. The number of nitrogens with zero attached hydrogens (tertiary/aromatic N) is 4. The van der Waals surface area contributed by atoms with E-state index >= 15 is 0 Å². The van der Waals surface area contributed by atoms with Crippen molar-refractivity contribution in [3.8, 4) is 0 Å². The standard InChI is InChI=1S/C18H21ClN4O3S2/c19-15-4-3-14(13-16(15)28(25,26)23-6-1-2-7-23)17(24)21-8-10-22(11-9-21)18-20-5-12-27-18/h3-5,12-13H,1-2,6-11H2. The Bertz CT molecular complexity index is 951. The molecule has 0 N–H and O–H groups in total. The maximum Gasteiger partial charge on any atom is 0.254 e. The number of piperazine rings is 1. The largest absolute Gasteiger partial charge is 0.345 e. The first-order valence-corrected chi connectivity index (χ1v) is 11.9. The van der Waals surface area contributed by atoms with Gasteiger partial charge >= 0.3 is 0 Å². The van der Waals surface area contributed by atoms with Crippen molar-refractivity contribution in [2.45, 2.75) is 17.7 Å². The van der Waals surface area contributed by atoms with Crippen LogP contribution >= 0.6 is 22.9 Å². The Hall–Kier alpha value is -1.68. The van der Waals surface area contributed by atoms with Crippen LogP contribution in [0.4, 0.5) is 5.13 Å². The van der Waals surface area contributed by atoms with Crippen LogP contribution < -0.4 is 4.90 Å². The van der Waals surface area contributed by atoms with Crippen LogP contribution in [0.25, 0.3) is 0 Å². The fourth-order valence-corrected chi connectivity index (χ4v) is 6.27. The highest BCUT2D eigenvalue weighted by Crippen LogP contribution is 2.29. The third kappa shape index (κ3) is 3.76. The summed E-state index contributed by atoms with van der Waals surface area (Å²) in [6.45, 7) is 3.52. The van der Waals surface area contributed by atoms with Crippen LogP contribution in [-0.2, 0) is 10.0 Å². The molecule has 4 rings (SSSR count). The Balaban J connectivity index is 1.51. The molecule has 7 nitrogen and oxygen atoms in total. The molecule has 2 aromatic rings. The number of amides is 1. The van der Waals surface area contributed by atoms with E-state index in [0.717, 1.165) is 18.0 Å². The first-order valence-electron chi connectivity index (χ1n) is 9.20. The lowest BCUT2D eigenvalue weighted by Gasteiger charge is -2.34. The van der Waals surface area contributed by atoms with Gasteiger partial charge in [0.2, 0.25) is 10.0 Å². The number of thiazole rings is 1. The van der Waals surface area contributed by atoms with Gasteiger partial charge in [-0.05, 0) is 31.0 Å². The van der Waals surface area contributed by atoms with Crippen LogP contribution in [0.1, 0.15) is 23.2 Å². The van der Waals surface area contributed by atoms with E-state index in [9.17, 15) is 13.2 Å². The minimum atomic E-state index is -3.68. The highest BCUT2D eigenvalue weighted by atomic mass is 35.5. The summed E-state index contributed by atoms with van der Waals surface area (Å²) >= 11 is 7.76. The molecule has 150 valence electrons. The van der Waals surface area contributed by atoms with Crippen molar-refractivity contribution in [1.29, 1.82) is 0 Å². The van der Waals surface area contributed by atoms with Crippen LogP contribution in [-0.4, -0.2) is 67.8 Å². The zero-order valence-corrected chi connectivity index (χ0v) is 17.6. The molecule has 0 bridgehead atoms. The van der Waals surface area contributed by atoms with Gasteiger partial charge < -0.3 is 9.80 Å². The summed E-state index contributed by atoms with van der Waals surface area (Å²) in [5, 5.41) is 3.04. The molecule has 1 aromatic carbocycles. The summed E-state index contributed by atoms with van der Waals surface area (Å²) in [5.41, 5.74) is 0.352. The number of anilines is 1. The number of benzene rings is 1. The van der Waals surface area contributed by atoms with E-state index in [1.165, 1.54) is 16.4 Å². The van der Waals surface area contributed by atoms with Gasteiger partial charge in [0.05, 0.1) is 5.02 Å². The first kappa shape index (κ1) is 19.6. The van der Waals surface area contributed by atoms with Crippen molar-refractivity contribution in [2.24, 2.45) is 0 Å². The van der Waals surface area contributed by atoms with E-state index in [2.05, 4.69) is 9.88 Å². The van der Waals surface area contributed by atoms with Crippen molar-refractivity contribution in [2.75, 3.05) is 44.2 Å². The normalized spacial score (nSPS) is 18.6. The molecule has 2 aliphatic heterocycles. The smallest absolute Gasteiger partial charge is 0.254 e. The lowest BCUT2D eigenvalue weighted by atomic mass is 10.2. The number of rotatable bonds is 4. The SMILES string of the molecule is O=C(c1ccc(Cl)c(S(=O)(=O)N2CCCC2)c1)N1CCN(c2nccs2)CC1. The third-order valence-corrected chi connectivity index (χ3v) is 8.33. The molecule has 2 saturated heterocycles. The Morgan fingerprint density at radius 2 is 1.79 bits per heavy atom. The van der Waals surface area contributed by atoms with Gasteiger partial charge in [0.15, 0.2) is 5.13 Å². The molecule has 0 spiro atoms. The lowest BCUT2D eigenvalue weighted by molar-refractivity contribution is 0.0746. The minimum absolute atomic E-state index is 0.0170. The van der Waals surface area contributed by atoms with Gasteiger partial charge in [-0.1, -0.05) is 11.6 Å². The second-order valence-electron chi connectivity index (χ2n) is 6.85. The van der Waals surface area contributed by atoms with E-state index in [0.29, 0.717) is 44.8 Å². The fourth-order valence-electron chi connectivity index (χ4n) is 3.56. The topological polar surface area (TPSA) is 73.8 Å². The number of halogens is 1. The van der Waals surface area contributed by atoms with E-state index in [1.807, 2.05) is 5.38 Å². The highest BCUT2D eigenvalue weighted by molar-refractivity contribution is 7.89. The summed E-state index contributed by atoms with van der Waals surface area (Å²) in [4.78, 5) is 21.2. The Morgan fingerprint density at radius 1 is 1.07 bits per heavy atom. The molecule has 0 radical (unpaired) electrons. The summed E-state index contributed by atoms with van der Waals surface area (Å²) in [6.07, 6.45) is 3.46. The van der Waals surface area contributed by atoms with Crippen molar-refractivity contribution in [3.05, 3.63) is 40.4 Å². The zero-order chi connectivity index (χ0) is 19.7. The van der Waals surface area contributed by atoms with Gasteiger partial charge in [-0.25, -0.2) is 13.4 Å². The molecule has 2 fully saturated rings. The van der Waals surface area contributed by atoms with Crippen LogP contribution in [0.15, 0.2) is 34.7 Å². The number of carbonyl (C=O) groups is 1. The second-order valence-corrected chi connectivity index (χ2v) is 10.0. The molecule has 1 aromatic heterocycles. The minimum Gasteiger partial charge on any atom is -0.345 e. The molecule has 0 saturated carbocycles. The Kier molecular flexibility index (Phi) is 5.59. The van der Waals surface area contributed by atoms with E-state index in [1.54, 1.807) is 28.5 Å². The molecule has 0 aliphatic carbocycles. The number of carbonyl (C=O) groups excluding carboxylic acids is 1. The predicted molar refractivity (Wildman–Crippen MR) is 110 cm³/mol. The van der Waals surface area contributed by atoms with Crippen LogP contribution in [0, 0.1) is 0 Å². The zero-order valence-electron chi connectivity index (χ0n) is 15.3. The maximum absolute atomic E-state index is 12.9. The quantitative estimate of drug-likeness (QED) is 0.730. The molecule has 3 heterocycles. The van der Waals surface area contributed by atoms with Gasteiger partial charge in [-0.2, -0.15) is 4.31 Å². The average Bonchev–Trinajstić information content (AvgIpc) is 3.42. The highest BCUT2D eigenvalue weighted by Gasteiger charge is 2.31. The molecular formula is C18H21ClN4O3S2. The molecule has 28 heavy (non-hydrogen) atoms. The summed E-state index contributed by atoms with van der Waals surface area (Å²) in [6, 6.07) is 4.52. The van der Waals surface area contributed by atoms with Gasteiger partial charge in [0, 0.05) is 56.4 Å². The van der Waals surface area contributed by atoms with E-state index < -0.39 is 10.0 Å². The van der Waals surface area contributed by atoms with Crippen molar-refractivity contribution < 1.29 is 13.2 Å². The third-order valence-electron chi connectivity index (χ3n) is 5.12. The van der Waals surface area contributed by atoms with Gasteiger partial charge in [-0.3, -0.25) is 4.79 Å². The van der Waals surface area contributed by atoms with E-state index in [4.69, 9.17) is 11.6 Å². The van der Waals surface area contributed by atoms with Crippen LogP contribution in [0.3, 0.4) is 0 Å². The van der Waals surface area contributed by atoms with Gasteiger partial charge in [0.25, 0.3) is 5.91 Å². The summed E-state index contributed by atoms with van der Waals surface area (Å²) in [5.74, 6) is -0.173. The number of hydrogen-bond donors (Lipinski definition) is 0. The second kappa shape index (κ2) is 7.98. The Morgan fingerprint density at radius 3 is 2.43 bits per heavy atom. The van der Waals surface area contributed by atoms with Crippen molar-refractivity contribution >= 4 is 44.0 Å². The molecular weight excluding hydrogens is 420 g/mol. The van der Waals surface area contributed by atoms with Crippen molar-refractivity contribution in [1.82, 2.24) is 14.2 Å². The maximum atomic E-state index is 12.9. The van der Waals surface area contributed by atoms with E-state index in [-0.39, 0.29) is 15.8 Å². The van der Waals surface area contributed by atoms with Gasteiger partial charge in [-0.15, -0.1) is 11.3 Å². The molecule has 0 unspecified atom stereocenters. The fraction of sp³-hybridized carbons (Fsp3) is 0.444. The molecule has 1 amide bonds.